The van der Waals surface area contributed by atoms with Crippen LogP contribution in [0, 0.1) is 13.8 Å². The van der Waals surface area contributed by atoms with Crippen LogP contribution in [0.2, 0.25) is 0 Å². The Bertz CT molecular complexity index is 465. The maximum Gasteiger partial charge on any atom is 0.0954 e. The molecule has 0 spiro atoms. The van der Waals surface area contributed by atoms with Gasteiger partial charge >= 0.3 is 0 Å². The molecule has 2 rings (SSSR count). The third-order valence-electron chi connectivity index (χ3n) is 2.77. The van der Waals surface area contributed by atoms with Gasteiger partial charge in [0.15, 0.2) is 0 Å². The Morgan fingerprint density at radius 3 is 2.75 bits per heavy atom. The van der Waals surface area contributed by atoms with Gasteiger partial charge < -0.3 is 5.11 Å². The van der Waals surface area contributed by atoms with Gasteiger partial charge in [-0.2, -0.15) is 0 Å². The lowest BCUT2D eigenvalue weighted by Gasteiger charge is -2.11. The predicted octanol–water partition coefficient (Wildman–Crippen LogP) is 3.04. The van der Waals surface area contributed by atoms with Crippen molar-refractivity contribution >= 4 is 11.3 Å². The van der Waals surface area contributed by atoms with E-state index in [1.807, 2.05) is 17.5 Å². The second-order valence-electron chi connectivity index (χ2n) is 3.99. The number of hydrogen-bond acceptors (Lipinski definition) is 3. The molecule has 0 fully saturated rings. The Hall–Kier alpha value is -1.19. The van der Waals surface area contributed by atoms with Crippen LogP contribution in [0.15, 0.2) is 29.8 Å². The smallest absolute Gasteiger partial charge is 0.0954 e. The SMILES string of the molecule is Cc1ccc(C(O)Cc2nccs2)cc1C. The first-order valence-electron chi connectivity index (χ1n) is 5.30. The Morgan fingerprint density at radius 1 is 1.31 bits per heavy atom. The number of benzene rings is 1. The lowest BCUT2D eigenvalue weighted by molar-refractivity contribution is 0.178. The van der Waals surface area contributed by atoms with Crippen LogP contribution in [-0.2, 0) is 6.42 Å². The fourth-order valence-electron chi connectivity index (χ4n) is 1.61. The highest BCUT2D eigenvalue weighted by Gasteiger charge is 2.10. The third kappa shape index (κ3) is 2.49. The Kier molecular flexibility index (Phi) is 3.36. The van der Waals surface area contributed by atoms with E-state index in [0.29, 0.717) is 6.42 Å². The van der Waals surface area contributed by atoms with Crippen molar-refractivity contribution in [3.05, 3.63) is 51.5 Å². The van der Waals surface area contributed by atoms with E-state index in [9.17, 15) is 5.11 Å². The molecule has 84 valence electrons. The van der Waals surface area contributed by atoms with Gasteiger partial charge in [-0.05, 0) is 30.5 Å². The number of rotatable bonds is 3. The highest BCUT2D eigenvalue weighted by atomic mass is 32.1. The van der Waals surface area contributed by atoms with Gasteiger partial charge in [0.2, 0.25) is 0 Å². The molecule has 1 heterocycles. The maximum atomic E-state index is 10.1. The lowest BCUT2D eigenvalue weighted by atomic mass is 10.0. The zero-order valence-electron chi connectivity index (χ0n) is 9.47. The van der Waals surface area contributed by atoms with Gasteiger partial charge in [-0.1, -0.05) is 18.2 Å². The molecule has 3 heteroatoms. The van der Waals surface area contributed by atoms with Crippen molar-refractivity contribution < 1.29 is 5.11 Å². The average Bonchev–Trinajstić information content (AvgIpc) is 2.74. The van der Waals surface area contributed by atoms with Crippen LogP contribution >= 0.6 is 11.3 Å². The van der Waals surface area contributed by atoms with Crippen molar-refractivity contribution in [2.75, 3.05) is 0 Å². The molecule has 1 aromatic heterocycles. The highest BCUT2D eigenvalue weighted by Crippen LogP contribution is 2.21. The summed E-state index contributed by atoms with van der Waals surface area (Å²) in [6, 6.07) is 6.09. The summed E-state index contributed by atoms with van der Waals surface area (Å²) in [4.78, 5) is 4.18. The number of hydrogen-bond donors (Lipinski definition) is 1. The number of aromatic nitrogens is 1. The number of aryl methyl sites for hydroxylation is 2. The topological polar surface area (TPSA) is 33.1 Å². The van der Waals surface area contributed by atoms with Crippen molar-refractivity contribution in [3.8, 4) is 0 Å². The zero-order valence-corrected chi connectivity index (χ0v) is 10.3. The molecule has 1 N–H and O–H groups in total. The van der Waals surface area contributed by atoms with E-state index >= 15 is 0 Å². The second kappa shape index (κ2) is 4.76. The summed E-state index contributed by atoms with van der Waals surface area (Å²) in [6.45, 7) is 4.14. The van der Waals surface area contributed by atoms with Crippen molar-refractivity contribution in [2.24, 2.45) is 0 Å². The summed E-state index contributed by atoms with van der Waals surface area (Å²) in [5.74, 6) is 0. The molecular weight excluding hydrogens is 218 g/mol. The van der Waals surface area contributed by atoms with Gasteiger partial charge in [-0.3, -0.25) is 0 Å². The molecule has 16 heavy (non-hydrogen) atoms. The van der Waals surface area contributed by atoms with Crippen molar-refractivity contribution in [2.45, 2.75) is 26.4 Å². The van der Waals surface area contributed by atoms with E-state index in [0.717, 1.165) is 10.6 Å². The largest absolute Gasteiger partial charge is 0.388 e. The maximum absolute atomic E-state index is 10.1. The monoisotopic (exact) mass is 233 g/mol. The van der Waals surface area contributed by atoms with E-state index in [4.69, 9.17) is 0 Å². The Balaban J connectivity index is 2.14. The van der Waals surface area contributed by atoms with Crippen LogP contribution in [0.5, 0.6) is 0 Å². The molecule has 0 saturated heterocycles. The second-order valence-corrected chi connectivity index (χ2v) is 4.97. The molecule has 1 atom stereocenters. The first-order valence-corrected chi connectivity index (χ1v) is 6.18. The van der Waals surface area contributed by atoms with Gasteiger partial charge in [-0.15, -0.1) is 11.3 Å². The summed E-state index contributed by atoms with van der Waals surface area (Å²) in [5.41, 5.74) is 3.44. The molecule has 0 saturated carbocycles. The first kappa shape index (κ1) is 11.3. The quantitative estimate of drug-likeness (QED) is 0.884. The van der Waals surface area contributed by atoms with Crippen molar-refractivity contribution in [1.29, 1.82) is 0 Å². The Morgan fingerprint density at radius 2 is 2.12 bits per heavy atom. The molecule has 1 unspecified atom stereocenters. The zero-order chi connectivity index (χ0) is 11.5. The number of nitrogens with zero attached hydrogens (tertiary/aromatic N) is 1. The number of aliphatic hydroxyl groups is 1. The van der Waals surface area contributed by atoms with Crippen LogP contribution in [0.1, 0.15) is 27.8 Å². The Labute approximate surface area is 99.6 Å². The fraction of sp³-hybridized carbons (Fsp3) is 0.308. The minimum atomic E-state index is -0.453. The first-order chi connectivity index (χ1) is 7.66. The van der Waals surface area contributed by atoms with Gasteiger partial charge in [0.05, 0.1) is 11.1 Å². The predicted molar refractivity (Wildman–Crippen MR) is 66.7 cm³/mol. The molecule has 0 aliphatic rings. The molecule has 2 aromatic rings. The number of aliphatic hydroxyl groups excluding tert-OH is 1. The summed E-state index contributed by atoms with van der Waals surface area (Å²) < 4.78 is 0. The normalized spacial score (nSPS) is 12.7. The summed E-state index contributed by atoms with van der Waals surface area (Å²) in [5, 5.41) is 13.0. The number of thiazole rings is 1. The van der Waals surface area contributed by atoms with E-state index in [1.165, 1.54) is 11.1 Å². The standard InChI is InChI=1S/C13H15NOS/c1-9-3-4-11(7-10(9)2)12(15)8-13-14-5-6-16-13/h3-7,12,15H,8H2,1-2H3. The molecule has 0 radical (unpaired) electrons. The van der Waals surface area contributed by atoms with Crippen LogP contribution in [0.4, 0.5) is 0 Å². The van der Waals surface area contributed by atoms with Gasteiger partial charge in [0, 0.05) is 18.0 Å². The highest BCUT2D eigenvalue weighted by molar-refractivity contribution is 7.09. The van der Waals surface area contributed by atoms with Crippen molar-refractivity contribution in [1.82, 2.24) is 4.98 Å². The molecule has 2 nitrogen and oxygen atoms in total. The van der Waals surface area contributed by atoms with Crippen LogP contribution < -0.4 is 0 Å². The fourth-order valence-corrected chi connectivity index (χ4v) is 2.26. The third-order valence-corrected chi connectivity index (χ3v) is 3.57. The molecule has 0 bridgehead atoms. The van der Waals surface area contributed by atoms with Crippen LogP contribution in [0.3, 0.4) is 0 Å². The van der Waals surface area contributed by atoms with E-state index in [2.05, 4.69) is 24.9 Å². The van der Waals surface area contributed by atoms with E-state index < -0.39 is 6.10 Å². The van der Waals surface area contributed by atoms with Crippen LogP contribution in [0.25, 0.3) is 0 Å². The molecular formula is C13H15NOS. The van der Waals surface area contributed by atoms with Crippen molar-refractivity contribution in [3.63, 3.8) is 0 Å². The summed E-state index contributed by atoms with van der Waals surface area (Å²) >= 11 is 1.58. The molecule has 0 aliphatic carbocycles. The minimum absolute atomic E-state index is 0.453. The minimum Gasteiger partial charge on any atom is -0.388 e. The van der Waals surface area contributed by atoms with Gasteiger partial charge in [-0.25, -0.2) is 4.98 Å². The molecule has 0 aliphatic heterocycles. The average molecular weight is 233 g/mol. The van der Waals surface area contributed by atoms with Gasteiger partial charge in [0.25, 0.3) is 0 Å². The summed E-state index contributed by atoms with van der Waals surface area (Å²) in [6.07, 6.45) is 1.92. The molecule has 0 amide bonds. The summed E-state index contributed by atoms with van der Waals surface area (Å²) in [7, 11) is 0. The van der Waals surface area contributed by atoms with E-state index in [-0.39, 0.29) is 0 Å². The van der Waals surface area contributed by atoms with Crippen LogP contribution in [-0.4, -0.2) is 10.1 Å². The van der Waals surface area contributed by atoms with Gasteiger partial charge in [0.1, 0.15) is 0 Å². The lowest BCUT2D eigenvalue weighted by Crippen LogP contribution is -2.02. The molecule has 1 aromatic carbocycles. The van der Waals surface area contributed by atoms with E-state index in [1.54, 1.807) is 17.5 Å².